The third kappa shape index (κ3) is 3.46. The Labute approximate surface area is 143 Å². The summed E-state index contributed by atoms with van der Waals surface area (Å²) in [5.74, 6) is 0.0492. The van der Waals surface area contributed by atoms with Gasteiger partial charge in [0, 0.05) is 20.1 Å². The molecule has 2 aromatic carbocycles. The van der Waals surface area contributed by atoms with Crippen molar-refractivity contribution in [2.45, 2.75) is 33.1 Å². The van der Waals surface area contributed by atoms with Gasteiger partial charge in [0.25, 0.3) is 0 Å². The fraction of sp³-hybridized carbons (Fsp3) is 0.278. The number of rotatable bonds is 2. The molecule has 0 fully saturated rings. The fourth-order valence-electron chi connectivity index (χ4n) is 2.30. The standard InChI is InChI=1S/C18H18Br2O/c1-11-9-16(20)13(10-15(11)19)17(21)12-7-5-6-8-14(12)18(2,3)4/h5-10H,1-4H3. The predicted octanol–water partition coefficient (Wildman–Crippen LogP) is 6.05. The highest BCUT2D eigenvalue weighted by molar-refractivity contribution is 9.11. The largest absolute Gasteiger partial charge is 0.289 e. The molecule has 0 amide bonds. The van der Waals surface area contributed by atoms with E-state index >= 15 is 0 Å². The molecular weight excluding hydrogens is 392 g/mol. The van der Waals surface area contributed by atoms with Gasteiger partial charge in [0.15, 0.2) is 5.78 Å². The van der Waals surface area contributed by atoms with Crippen LogP contribution in [0.15, 0.2) is 45.3 Å². The van der Waals surface area contributed by atoms with E-state index in [0.717, 1.165) is 25.6 Å². The third-order valence-corrected chi connectivity index (χ3v) is 4.98. The van der Waals surface area contributed by atoms with Gasteiger partial charge in [-0.15, -0.1) is 0 Å². The Morgan fingerprint density at radius 2 is 1.57 bits per heavy atom. The normalized spacial score (nSPS) is 11.5. The van der Waals surface area contributed by atoms with E-state index in [1.165, 1.54) is 0 Å². The second-order valence-corrected chi connectivity index (χ2v) is 7.91. The Bertz CT molecular complexity index is 697. The first-order chi connectivity index (χ1) is 9.71. The van der Waals surface area contributed by atoms with Gasteiger partial charge >= 0.3 is 0 Å². The maximum absolute atomic E-state index is 12.9. The molecule has 0 bridgehead atoms. The lowest BCUT2D eigenvalue weighted by Gasteiger charge is -2.22. The van der Waals surface area contributed by atoms with Gasteiger partial charge in [-0.25, -0.2) is 0 Å². The molecule has 0 radical (unpaired) electrons. The molecule has 0 aliphatic carbocycles. The smallest absolute Gasteiger partial charge is 0.194 e. The SMILES string of the molecule is Cc1cc(Br)c(C(=O)c2ccccc2C(C)(C)C)cc1Br. The van der Waals surface area contributed by atoms with E-state index in [9.17, 15) is 4.79 Å². The molecule has 21 heavy (non-hydrogen) atoms. The second kappa shape index (κ2) is 6.05. The molecule has 2 rings (SSSR count). The molecule has 0 saturated carbocycles. The first kappa shape index (κ1) is 16.4. The van der Waals surface area contributed by atoms with E-state index in [0.29, 0.717) is 5.56 Å². The Kier molecular flexibility index (Phi) is 4.74. The number of halogens is 2. The molecule has 0 saturated heterocycles. The van der Waals surface area contributed by atoms with E-state index in [4.69, 9.17) is 0 Å². The van der Waals surface area contributed by atoms with E-state index in [-0.39, 0.29) is 11.2 Å². The van der Waals surface area contributed by atoms with Crippen LogP contribution in [0.4, 0.5) is 0 Å². The van der Waals surface area contributed by atoms with Gasteiger partial charge in [-0.1, -0.05) is 76.9 Å². The molecule has 110 valence electrons. The van der Waals surface area contributed by atoms with Crippen molar-refractivity contribution >= 4 is 37.6 Å². The van der Waals surface area contributed by atoms with Gasteiger partial charge in [0.05, 0.1) is 0 Å². The lowest BCUT2D eigenvalue weighted by Crippen LogP contribution is -2.17. The summed E-state index contributed by atoms with van der Waals surface area (Å²) >= 11 is 7.02. The van der Waals surface area contributed by atoms with Crippen LogP contribution in [0.2, 0.25) is 0 Å². The third-order valence-electron chi connectivity index (χ3n) is 3.47. The molecule has 0 N–H and O–H groups in total. The van der Waals surface area contributed by atoms with Gasteiger partial charge in [-0.2, -0.15) is 0 Å². The number of hydrogen-bond acceptors (Lipinski definition) is 1. The van der Waals surface area contributed by atoms with Crippen molar-refractivity contribution in [3.63, 3.8) is 0 Å². The summed E-state index contributed by atoms with van der Waals surface area (Å²) in [5, 5.41) is 0. The summed E-state index contributed by atoms with van der Waals surface area (Å²) in [6.45, 7) is 8.38. The first-order valence-corrected chi connectivity index (χ1v) is 8.40. The minimum atomic E-state index is -0.0688. The second-order valence-electron chi connectivity index (χ2n) is 6.21. The van der Waals surface area contributed by atoms with Crippen LogP contribution < -0.4 is 0 Å². The van der Waals surface area contributed by atoms with E-state index in [1.54, 1.807) is 0 Å². The number of aryl methyl sites for hydroxylation is 1. The minimum Gasteiger partial charge on any atom is -0.289 e. The lowest BCUT2D eigenvalue weighted by molar-refractivity contribution is 0.103. The Hall–Kier alpha value is -0.930. The van der Waals surface area contributed by atoms with Crippen LogP contribution in [-0.2, 0) is 5.41 Å². The molecule has 0 heterocycles. The molecule has 0 spiro atoms. The summed E-state index contributed by atoms with van der Waals surface area (Å²) in [6.07, 6.45) is 0. The van der Waals surface area contributed by atoms with Crippen molar-refractivity contribution in [3.8, 4) is 0 Å². The minimum absolute atomic E-state index is 0.0492. The van der Waals surface area contributed by atoms with Crippen molar-refractivity contribution in [3.05, 3.63) is 67.6 Å². The highest BCUT2D eigenvalue weighted by Crippen LogP contribution is 2.31. The Morgan fingerprint density at radius 1 is 0.952 bits per heavy atom. The highest BCUT2D eigenvalue weighted by Gasteiger charge is 2.23. The van der Waals surface area contributed by atoms with Crippen LogP contribution in [0, 0.1) is 6.92 Å². The average Bonchev–Trinajstić information content (AvgIpc) is 2.41. The molecule has 0 unspecified atom stereocenters. The van der Waals surface area contributed by atoms with Gasteiger partial charge in [-0.3, -0.25) is 4.79 Å². The summed E-state index contributed by atoms with van der Waals surface area (Å²) in [7, 11) is 0. The topological polar surface area (TPSA) is 17.1 Å². The van der Waals surface area contributed by atoms with Crippen molar-refractivity contribution < 1.29 is 4.79 Å². The van der Waals surface area contributed by atoms with Crippen LogP contribution in [0.5, 0.6) is 0 Å². The van der Waals surface area contributed by atoms with Crippen molar-refractivity contribution in [1.29, 1.82) is 0 Å². The van der Waals surface area contributed by atoms with E-state index < -0.39 is 0 Å². The Balaban J connectivity index is 2.59. The number of benzene rings is 2. The summed E-state index contributed by atoms with van der Waals surface area (Å²) in [5.41, 5.74) is 3.55. The first-order valence-electron chi connectivity index (χ1n) is 6.81. The van der Waals surface area contributed by atoms with Crippen molar-refractivity contribution in [1.82, 2.24) is 0 Å². The van der Waals surface area contributed by atoms with Gasteiger partial charge < -0.3 is 0 Å². The zero-order valence-corrected chi connectivity index (χ0v) is 15.8. The molecule has 0 aromatic heterocycles. The summed E-state index contributed by atoms with van der Waals surface area (Å²) in [4.78, 5) is 12.9. The highest BCUT2D eigenvalue weighted by atomic mass is 79.9. The van der Waals surface area contributed by atoms with E-state index in [1.807, 2.05) is 43.3 Å². The maximum atomic E-state index is 12.9. The van der Waals surface area contributed by atoms with Crippen LogP contribution in [-0.4, -0.2) is 5.78 Å². The van der Waals surface area contributed by atoms with Crippen LogP contribution in [0.3, 0.4) is 0 Å². The monoisotopic (exact) mass is 408 g/mol. The summed E-state index contributed by atoms with van der Waals surface area (Å²) < 4.78 is 1.78. The molecule has 1 nitrogen and oxygen atoms in total. The van der Waals surface area contributed by atoms with Crippen molar-refractivity contribution in [2.24, 2.45) is 0 Å². The zero-order valence-electron chi connectivity index (χ0n) is 12.6. The molecule has 2 aromatic rings. The summed E-state index contributed by atoms with van der Waals surface area (Å²) in [6, 6.07) is 11.7. The predicted molar refractivity (Wildman–Crippen MR) is 95.2 cm³/mol. The quantitative estimate of drug-likeness (QED) is 0.551. The van der Waals surface area contributed by atoms with Crippen LogP contribution >= 0.6 is 31.9 Å². The number of ketones is 1. The number of hydrogen-bond donors (Lipinski definition) is 0. The molecule has 0 aliphatic heterocycles. The van der Waals surface area contributed by atoms with Gasteiger partial charge in [0.1, 0.15) is 0 Å². The number of carbonyl (C=O) groups is 1. The maximum Gasteiger partial charge on any atom is 0.194 e. The molecule has 3 heteroatoms. The fourth-order valence-corrected chi connectivity index (χ4v) is 3.28. The van der Waals surface area contributed by atoms with Crippen LogP contribution in [0.1, 0.15) is 47.8 Å². The van der Waals surface area contributed by atoms with Gasteiger partial charge in [0.2, 0.25) is 0 Å². The number of carbonyl (C=O) groups excluding carboxylic acids is 1. The van der Waals surface area contributed by atoms with Gasteiger partial charge in [-0.05, 0) is 35.6 Å². The lowest BCUT2D eigenvalue weighted by atomic mass is 9.82. The van der Waals surface area contributed by atoms with Crippen molar-refractivity contribution in [2.75, 3.05) is 0 Å². The molecular formula is C18H18Br2O. The Morgan fingerprint density at radius 3 is 2.19 bits per heavy atom. The average molecular weight is 410 g/mol. The van der Waals surface area contributed by atoms with Crippen LogP contribution in [0.25, 0.3) is 0 Å². The zero-order chi connectivity index (χ0) is 15.8. The molecule has 0 atom stereocenters. The van der Waals surface area contributed by atoms with E-state index in [2.05, 4.69) is 52.6 Å². The molecule has 0 aliphatic rings.